The zero-order valence-electron chi connectivity index (χ0n) is 9.76. The molecule has 98 valence electrons. The summed E-state index contributed by atoms with van der Waals surface area (Å²) < 4.78 is 0. The number of nitrogens with one attached hydrogen (secondary N) is 1. The largest absolute Gasteiger partial charge is 0.480 e. The van der Waals surface area contributed by atoms with Crippen LogP contribution in [-0.2, 0) is 9.59 Å². The second-order valence-corrected chi connectivity index (χ2v) is 4.08. The number of nitrogens with zero attached hydrogens (tertiary/aromatic N) is 1. The molecule has 1 aliphatic rings. The molecule has 0 aromatic rings. The maximum absolute atomic E-state index is 11.7. The van der Waals surface area contributed by atoms with Crippen LogP contribution in [0, 0.1) is 18.3 Å². The molecule has 0 bridgehead atoms. The number of carboxylic acid groups (broad SMARTS) is 1. The maximum atomic E-state index is 11.7. The number of hydrogen-bond acceptors (Lipinski definition) is 3. The molecular formula is C11H15N3O4. The molecular weight excluding hydrogens is 238 g/mol. The van der Waals surface area contributed by atoms with Crippen LogP contribution in [0.5, 0.6) is 0 Å². The lowest BCUT2D eigenvalue weighted by atomic mass is 10.1. The molecule has 0 radical (unpaired) electrons. The van der Waals surface area contributed by atoms with E-state index < -0.39 is 23.9 Å². The summed E-state index contributed by atoms with van der Waals surface area (Å²) in [6.07, 6.45) is 5.43. The minimum atomic E-state index is -1.19. The van der Waals surface area contributed by atoms with Crippen LogP contribution in [0.15, 0.2) is 0 Å². The second-order valence-electron chi connectivity index (χ2n) is 4.08. The summed E-state index contributed by atoms with van der Waals surface area (Å²) in [6, 6.07) is -1.66. The monoisotopic (exact) mass is 253 g/mol. The van der Waals surface area contributed by atoms with Gasteiger partial charge in [-0.3, -0.25) is 4.79 Å². The van der Waals surface area contributed by atoms with E-state index in [4.69, 9.17) is 17.3 Å². The van der Waals surface area contributed by atoms with Gasteiger partial charge in [-0.1, -0.05) is 0 Å². The molecule has 3 amide bonds. The van der Waals surface area contributed by atoms with Crippen molar-refractivity contribution < 1.29 is 19.5 Å². The first-order chi connectivity index (χ1) is 8.45. The van der Waals surface area contributed by atoms with Crippen molar-refractivity contribution in [3.8, 4) is 12.3 Å². The maximum Gasteiger partial charge on any atom is 0.327 e. The SMILES string of the molecule is C#CCC(NC(=O)N1CCC(C(N)=O)C1)C(=O)O. The molecule has 0 aromatic heterocycles. The van der Waals surface area contributed by atoms with Crippen molar-refractivity contribution in [3.63, 3.8) is 0 Å². The van der Waals surface area contributed by atoms with E-state index in [1.54, 1.807) is 0 Å². The van der Waals surface area contributed by atoms with Gasteiger partial charge >= 0.3 is 12.0 Å². The van der Waals surface area contributed by atoms with Gasteiger partial charge in [0.1, 0.15) is 6.04 Å². The first-order valence-corrected chi connectivity index (χ1v) is 5.46. The highest BCUT2D eigenvalue weighted by Gasteiger charge is 2.31. The van der Waals surface area contributed by atoms with Crippen LogP contribution >= 0.6 is 0 Å². The fourth-order valence-electron chi connectivity index (χ4n) is 1.74. The molecule has 1 heterocycles. The van der Waals surface area contributed by atoms with Crippen LogP contribution in [0.4, 0.5) is 4.79 Å². The Kier molecular flexibility index (Phi) is 4.54. The Morgan fingerprint density at radius 2 is 2.22 bits per heavy atom. The lowest BCUT2D eigenvalue weighted by Crippen LogP contribution is -2.47. The van der Waals surface area contributed by atoms with E-state index in [-0.39, 0.29) is 18.9 Å². The number of aliphatic carboxylic acids is 1. The van der Waals surface area contributed by atoms with Gasteiger partial charge in [0.25, 0.3) is 0 Å². The zero-order chi connectivity index (χ0) is 13.7. The quantitative estimate of drug-likeness (QED) is 0.556. The number of carboxylic acids is 1. The van der Waals surface area contributed by atoms with Gasteiger partial charge < -0.3 is 21.1 Å². The van der Waals surface area contributed by atoms with Crippen molar-refractivity contribution in [2.45, 2.75) is 18.9 Å². The Balaban J connectivity index is 2.53. The van der Waals surface area contributed by atoms with Gasteiger partial charge in [0.15, 0.2) is 0 Å². The summed E-state index contributed by atoms with van der Waals surface area (Å²) >= 11 is 0. The second kappa shape index (κ2) is 5.91. The van der Waals surface area contributed by atoms with Gasteiger partial charge in [-0.15, -0.1) is 12.3 Å². The minimum Gasteiger partial charge on any atom is -0.480 e. The molecule has 0 aromatic carbocycles. The van der Waals surface area contributed by atoms with Crippen LogP contribution in [0.2, 0.25) is 0 Å². The van der Waals surface area contributed by atoms with Crippen molar-refractivity contribution in [1.82, 2.24) is 10.2 Å². The molecule has 0 aliphatic carbocycles. The van der Waals surface area contributed by atoms with Gasteiger partial charge in [-0.2, -0.15) is 0 Å². The van der Waals surface area contributed by atoms with Gasteiger partial charge in [-0.05, 0) is 6.42 Å². The standard InChI is InChI=1S/C11H15N3O4/c1-2-3-8(10(16)17)13-11(18)14-5-4-7(6-14)9(12)15/h1,7-8H,3-6H2,(H2,12,15)(H,13,18)(H,16,17). The minimum absolute atomic E-state index is 0.0891. The molecule has 0 spiro atoms. The number of primary amides is 1. The molecule has 4 N–H and O–H groups in total. The number of carbonyl (C=O) groups is 3. The van der Waals surface area contributed by atoms with Crippen LogP contribution < -0.4 is 11.1 Å². The molecule has 18 heavy (non-hydrogen) atoms. The third kappa shape index (κ3) is 3.38. The predicted molar refractivity (Wildman–Crippen MR) is 62.3 cm³/mol. The van der Waals surface area contributed by atoms with Gasteiger partial charge in [0.05, 0.1) is 5.92 Å². The summed E-state index contributed by atoms with van der Waals surface area (Å²) in [7, 11) is 0. The van der Waals surface area contributed by atoms with Crippen molar-refractivity contribution >= 4 is 17.9 Å². The molecule has 1 aliphatic heterocycles. The first-order valence-electron chi connectivity index (χ1n) is 5.46. The summed E-state index contributed by atoms with van der Waals surface area (Å²) in [5.74, 6) is 0.172. The normalized spacial score (nSPS) is 19.9. The van der Waals surface area contributed by atoms with E-state index in [1.165, 1.54) is 4.90 Å². The van der Waals surface area contributed by atoms with Gasteiger partial charge in [0, 0.05) is 19.5 Å². The van der Waals surface area contributed by atoms with Crippen molar-refractivity contribution in [2.75, 3.05) is 13.1 Å². The smallest absolute Gasteiger partial charge is 0.327 e. The van der Waals surface area contributed by atoms with Crippen molar-refractivity contribution in [1.29, 1.82) is 0 Å². The number of amides is 3. The van der Waals surface area contributed by atoms with E-state index >= 15 is 0 Å². The summed E-state index contributed by atoms with van der Waals surface area (Å²) in [5, 5.41) is 11.1. The first kappa shape index (κ1) is 13.8. The Morgan fingerprint density at radius 1 is 1.56 bits per heavy atom. The number of carbonyl (C=O) groups excluding carboxylic acids is 2. The van der Waals surface area contributed by atoms with E-state index in [0.717, 1.165) is 0 Å². The fourth-order valence-corrected chi connectivity index (χ4v) is 1.74. The average Bonchev–Trinajstić information content (AvgIpc) is 2.77. The Hall–Kier alpha value is -2.23. The molecule has 7 nitrogen and oxygen atoms in total. The predicted octanol–water partition coefficient (Wildman–Crippen LogP) is -1.02. The highest BCUT2D eigenvalue weighted by atomic mass is 16.4. The van der Waals surface area contributed by atoms with Crippen LogP contribution in [-0.4, -0.2) is 47.0 Å². The van der Waals surface area contributed by atoms with E-state index in [2.05, 4.69) is 11.2 Å². The number of rotatable bonds is 4. The topological polar surface area (TPSA) is 113 Å². The van der Waals surface area contributed by atoms with Crippen LogP contribution in [0.25, 0.3) is 0 Å². The van der Waals surface area contributed by atoms with Gasteiger partial charge in [-0.25, -0.2) is 9.59 Å². The molecule has 1 rings (SSSR count). The molecule has 2 unspecified atom stereocenters. The Labute approximate surface area is 104 Å². The number of terminal acetylenes is 1. The summed E-state index contributed by atoms with van der Waals surface area (Å²) in [6.45, 7) is 0.589. The fraction of sp³-hybridized carbons (Fsp3) is 0.545. The summed E-state index contributed by atoms with van der Waals surface area (Å²) in [4.78, 5) is 34.9. The molecule has 7 heteroatoms. The third-order valence-corrected chi connectivity index (χ3v) is 2.80. The molecule has 0 saturated carbocycles. The number of likely N-dealkylation sites (tertiary alicyclic amines) is 1. The average molecular weight is 253 g/mol. The van der Waals surface area contributed by atoms with E-state index in [9.17, 15) is 14.4 Å². The van der Waals surface area contributed by atoms with Crippen molar-refractivity contribution in [2.24, 2.45) is 11.7 Å². The van der Waals surface area contributed by atoms with Crippen LogP contribution in [0.1, 0.15) is 12.8 Å². The highest BCUT2D eigenvalue weighted by Crippen LogP contribution is 2.15. The third-order valence-electron chi connectivity index (χ3n) is 2.80. The van der Waals surface area contributed by atoms with Crippen LogP contribution in [0.3, 0.4) is 0 Å². The lowest BCUT2D eigenvalue weighted by Gasteiger charge is -2.19. The Morgan fingerprint density at radius 3 is 2.67 bits per heavy atom. The van der Waals surface area contributed by atoms with E-state index in [0.29, 0.717) is 13.0 Å². The van der Waals surface area contributed by atoms with Crippen molar-refractivity contribution in [3.05, 3.63) is 0 Å². The summed E-state index contributed by atoms with van der Waals surface area (Å²) in [5.41, 5.74) is 5.14. The number of urea groups is 1. The zero-order valence-corrected chi connectivity index (χ0v) is 9.76. The highest BCUT2D eigenvalue weighted by molar-refractivity contribution is 5.84. The Bertz CT molecular complexity index is 402. The molecule has 1 fully saturated rings. The van der Waals surface area contributed by atoms with E-state index in [1.807, 2.05) is 0 Å². The lowest BCUT2D eigenvalue weighted by molar-refractivity contribution is -0.139. The number of nitrogens with two attached hydrogens (primary N) is 1. The molecule has 2 atom stereocenters. The number of hydrogen-bond donors (Lipinski definition) is 3. The van der Waals surface area contributed by atoms with Gasteiger partial charge in [0.2, 0.25) is 5.91 Å². The molecule has 1 saturated heterocycles.